The first kappa shape index (κ1) is 43.6. The van der Waals surface area contributed by atoms with E-state index in [4.69, 9.17) is 26.6 Å². The molecule has 254 valence electrons. The van der Waals surface area contributed by atoms with Crippen molar-refractivity contribution in [1.82, 2.24) is 0 Å². The predicted octanol–water partition coefficient (Wildman–Crippen LogP) is 11.1. The van der Waals surface area contributed by atoms with E-state index in [-0.39, 0.29) is 9.75 Å². The SMILES string of the molecule is CCCCCCCCCCCC(SSSSC(CCCCCCCCCCC)[Si](OC)(OC)OC)[Si](OC)(OC)OC. The number of hydrogen-bond acceptors (Lipinski definition) is 10. The van der Waals surface area contributed by atoms with Crippen molar-refractivity contribution in [1.29, 1.82) is 0 Å². The van der Waals surface area contributed by atoms with Gasteiger partial charge >= 0.3 is 17.6 Å². The first-order valence-electron chi connectivity index (χ1n) is 16.5. The van der Waals surface area contributed by atoms with Crippen molar-refractivity contribution in [2.45, 2.75) is 152 Å². The third-order valence-electron chi connectivity index (χ3n) is 7.97. The molecule has 0 bridgehead atoms. The average molecular weight is 707 g/mol. The lowest BCUT2D eigenvalue weighted by atomic mass is 10.1. The maximum atomic E-state index is 5.92. The lowest BCUT2D eigenvalue weighted by Crippen LogP contribution is -2.52. The Morgan fingerprint density at radius 1 is 0.381 bits per heavy atom. The van der Waals surface area contributed by atoms with Gasteiger partial charge in [0.05, 0.1) is 9.75 Å². The Bertz CT molecular complexity index is 513. The topological polar surface area (TPSA) is 55.4 Å². The van der Waals surface area contributed by atoms with Crippen LogP contribution in [0.15, 0.2) is 0 Å². The minimum atomic E-state index is -2.76. The molecule has 0 heterocycles. The molecule has 0 radical (unpaired) electrons. The third kappa shape index (κ3) is 18.7. The normalized spacial score (nSPS) is 14.0. The van der Waals surface area contributed by atoms with Gasteiger partial charge in [-0.1, -0.05) is 151 Å². The predicted molar refractivity (Wildman–Crippen MR) is 195 cm³/mol. The van der Waals surface area contributed by atoms with Crippen molar-refractivity contribution in [3.8, 4) is 0 Å². The van der Waals surface area contributed by atoms with Crippen LogP contribution >= 0.6 is 41.2 Å². The van der Waals surface area contributed by atoms with Crippen LogP contribution in [0.4, 0.5) is 0 Å². The molecule has 0 saturated heterocycles. The fraction of sp³-hybridized carbons (Fsp3) is 1.00. The van der Waals surface area contributed by atoms with E-state index in [0.29, 0.717) is 0 Å². The molecule has 12 heteroatoms. The Kier molecular flexibility index (Phi) is 31.1. The maximum Gasteiger partial charge on any atom is 0.514 e. The van der Waals surface area contributed by atoms with Crippen LogP contribution < -0.4 is 0 Å². The zero-order valence-corrected chi connectivity index (χ0v) is 33.6. The van der Waals surface area contributed by atoms with Crippen molar-refractivity contribution >= 4 is 58.8 Å². The van der Waals surface area contributed by atoms with Crippen molar-refractivity contribution in [2.75, 3.05) is 42.7 Å². The summed E-state index contributed by atoms with van der Waals surface area (Å²) in [7, 11) is 12.1. The third-order valence-corrected chi connectivity index (χ3v) is 23.6. The highest BCUT2D eigenvalue weighted by Gasteiger charge is 2.49. The summed E-state index contributed by atoms with van der Waals surface area (Å²) >= 11 is 0. The van der Waals surface area contributed by atoms with E-state index in [1.165, 1.54) is 116 Å². The van der Waals surface area contributed by atoms with Crippen LogP contribution in [0.5, 0.6) is 0 Å². The zero-order chi connectivity index (χ0) is 31.4. The molecule has 2 unspecified atom stereocenters. The van der Waals surface area contributed by atoms with E-state index < -0.39 is 17.6 Å². The van der Waals surface area contributed by atoms with Crippen molar-refractivity contribution in [3.05, 3.63) is 0 Å². The van der Waals surface area contributed by atoms with Gasteiger partial charge in [-0.2, -0.15) is 0 Å². The Hall–Kier alpha value is 1.59. The number of unbranched alkanes of at least 4 members (excludes halogenated alkanes) is 16. The van der Waals surface area contributed by atoms with Gasteiger partial charge in [-0.05, 0) is 32.5 Å². The van der Waals surface area contributed by atoms with Crippen LogP contribution in [0.1, 0.15) is 142 Å². The molecule has 2 atom stereocenters. The summed E-state index contributed by atoms with van der Waals surface area (Å²) in [6.07, 6.45) is 25.8. The fourth-order valence-corrected chi connectivity index (χ4v) is 22.0. The minimum Gasteiger partial charge on any atom is -0.376 e. The van der Waals surface area contributed by atoms with Gasteiger partial charge in [-0.15, -0.1) is 0 Å². The average Bonchev–Trinajstić information content (AvgIpc) is 3.02. The molecule has 0 N–H and O–H groups in total. The highest BCUT2D eigenvalue weighted by atomic mass is 33.7. The molecule has 0 amide bonds. The van der Waals surface area contributed by atoms with E-state index >= 15 is 0 Å². The summed E-state index contributed by atoms with van der Waals surface area (Å²) in [5.41, 5.74) is 0. The highest BCUT2D eigenvalue weighted by molar-refractivity contribution is 9.26. The van der Waals surface area contributed by atoms with Crippen molar-refractivity contribution in [3.63, 3.8) is 0 Å². The number of rotatable bonds is 33. The van der Waals surface area contributed by atoms with Crippen LogP contribution in [0.25, 0.3) is 0 Å². The molecular weight excluding hydrogens is 641 g/mol. The van der Waals surface area contributed by atoms with Gasteiger partial charge in [0.2, 0.25) is 0 Å². The summed E-state index contributed by atoms with van der Waals surface area (Å²) in [5, 5.41) is 0. The molecule has 6 nitrogen and oxygen atoms in total. The molecule has 0 aromatic carbocycles. The van der Waals surface area contributed by atoms with Gasteiger partial charge in [0.25, 0.3) is 0 Å². The maximum absolute atomic E-state index is 5.92. The van der Waals surface area contributed by atoms with Gasteiger partial charge in [0.15, 0.2) is 0 Å². The monoisotopic (exact) mass is 706 g/mol. The van der Waals surface area contributed by atoms with Crippen molar-refractivity contribution in [2.24, 2.45) is 0 Å². The lowest BCUT2D eigenvalue weighted by Gasteiger charge is -2.32. The lowest BCUT2D eigenvalue weighted by molar-refractivity contribution is 0.120. The molecule has 0 aliphatic heterocycles. The van der Waals surface area contributed by atoms with Gasteiger partial charge in [0, 0.05) is 42.7 Å². The standard InChI is InChI=1S/C30H66O6S4Si2/c1-9-11-13-15-17-19-21-23-25-27-29(41(31-3,32-4)33-5)37-39-40-38-30(42(34-6,35-7)36-8)28-26-24-22-20-18-16-14-12-10-2/h29-30H,9-28H2,1-8H3. The van der Waals surface area contributed by atoms with Crippen LogP contribution in [0, 0.1) is 0 Å². The summed E-state index contributed by atoms with van der Waals surface area (Å²) in [4.78, 5) is 0.371. The Labute approximate surface area is 278 Å². The molecule has 0 aromatic rings. The summed E-state index contributed by atoms with van der Waals surface area (Å²) < 4.78 is 35.5. The first-order valence-corrected chi connectivity index (χ1v) is 25.0. The van der Waals surface area contributed by atoms with E-state index in [1.54, 1.807) is 62.3 Å². The smallest absolute Gasteiger partial charge is 0.376 e. The second-order valence-corrected chi connectivity index (χ2v) is 24.3. The zero-order valence-electron chi connectivity index (χ0n) is 28.4. The van der Waals surface area contributed by atoms with E-state index in [2.05, 4.69) is 13.8 Å². The minimum absolute atomic E-state index is 0.185. The molecule has 0 rings (SSSR count). The number of hydrogen-bond donors (Lipinski definition) is 0. The van der Waals surface area contributed by atoms with Gasteiger partial charge in [-0.3, -0.25) is 0 Å². The molecule has 0 saturated carbocycles. The van der Waals surface area contributed by atoms with Crippen molar-refractivity contribution < 1.29 is 26.6 Å². The fourth-order valence-electron chi connectivity index (χ4n) is 5.26. The van der Waals surface area contributed by atoms with Crippen LogP contribution in [0.3, 0.4) is 0 Å². The molecule has 0 spiro atoms. The van der Waals surface area contributed by atoms with E-state index in [1.807, 2.05) is 21.6 Å². The first-order chi connectivity index (χ1) is 20.5. The molecule has 0 aliphatic carbocycles. The molecule has 0 aliphatic rings. The largest absolute Gasteiger partial charge is 0.514 e. The second kappa shape index (κ2) is 30.0. The van der Waals surface area contributed by atoms with Crippen LogP contribution in [-0.4, -0.2) is 70.0 Å². The molecular formula is C30H66O6S4Si2. The highest BCUT2D eigenvalue weighted by Crippen LogP contribution is 2.51. The molecule has 0 fully saturated rings. The van der Waals surface area contributed by atoms with E-state index in [9.17, 15) is 0 Å². The van der Waals surface area contributed by atoms with Crippen LogP contribution in [-0.2, 0) is 26.6 Å². The van der Waals surface area contributed by atoms with Gasteiger partial charge in [0.1, 0.15) is 0 Å². The quantitative estimate of drug-likeness (QED) is 0.0374. The molecule has 0 aromatic heterocycles. The van der Waals surface area contributed by atoms with Gasteiger partial charge in [-0.25, -0.2) is 0 Å². The van der Waals surface area contributed by atoms with Gasteiger partial charge < -0.3 is 26.6 Å². The summed E-state index contributed by atoms with van der Waals surface area (Å²) in [5.74, 6) is 0. The van der Waals surface area contributed by atoms with E-state index in [0.717, 1.165) is 12.8 Å². The Balaban J connectivity index is 4.84. The second-order valence-electron chi connectivity index (χ2n) is 11.0. The summed E-state index contributed by atoms with van der Waals surface area (Å²) in [6, 6.07) is 0. The molecule has 42 heavy (non-hydrogen) atoms. The Morgan fingerprint density at radius 3 is 0.857 bits per heavy atom. The summed E-state index contributed by atoms with van der Waals surface area (Å²) in [6.45, 7) is 4.55. The Morgan fingerprint density at radius 2 is 0.619 bits per heavy atom. The van der Waals surface area contributed by atoms with Crippen LogP contribution in [0.2, 0.25) is 0 Å².